The highest BCUT2D eigenvalue weighted by atomic mass is 16.6. The highest BCUT2D eigenvalue weighted by Gasteiger charge is 2.19. The molecule has 0 bridgehead atoms. The second-order valence-corrected chi connectivity index (χ2v) is 3.54. The molecular formula is C9H16N2O2. The lowest BCUT2D eigenvalue weighted by Crippen LogP contribution is -2.41. The Bertz CT molecular complexity index is 232. The fourth-order valence-corrected chi connectivity index (χ4v) is 0.549. The van der Waals surface area contributed by atoms with E-state index in [-0.39, 0.29) is 6.54 Å². The van der Waals surface area contributed by atoms with E-state index in [1.165, 1.54) is 0 Å². The minimum atomic E-state index is -0.560. The number of nitrogens with zero attached hydrogens (tertiary/aromatic N) is 1. The maximum Gasteiger partial charge on any atom is 0.425 e. The van der Waals surface area contributed by atoms with Crippen LogP contribution in [0.2, 0.25) is 0 Å². The van der Waals surface area contributed by atoms with Gasteiger partial charge in [-0.25, -0.2) is 15.6 Å². The lowest BCUT2D eigenvalue weighted by molar-refractivity contribution is 0.0274. The molecular weight excluding hydrogens is 168 g/mol. The van der Waals surface area contributed by atoms with Crippen molar-refractivity contribution in [3.63, 3.8) is 0 Å². The molecule has 0 spiro atoms. The van der Waals surface area contributed by atoms with E-state index in [1.54, 1.807) is 27.7 Å². The van der Waals surface area contributed by atoms with E-state index in [4.69, 9.17) is 10.6 Å². The van der Waals surface area contributed by atoms with Crippen molar-refractivity contribution in [2.24, 2.45) is 5.84 Å². The van der Waals surface area contributed by atoms with Gasteiger partial charge in [0.05, 0.1) is 0 Å². The molecule has 0 saturated carbocycles. The first-order chi connectivity index (χ1) is 5.87. The van der Waals surface area contributed by atoms with E-state index >= 15 is 0 Å². The smallest absolute Gasteiger partial charge is 0.425 e. The summed E-state index contributed by atoms with van der Waals surface area (Å²) in [6.45, 7) is 7.22. The van der Waals surface area contributed by atoms with E-state index in [9.17, 15) is 4.79 Å². The highest BCUT2D eigenvalue weighted by Crippen LogP contribution is 2.07. The van der Waals surface area contributed by atoms with E-state index in [1.807, 2.05) is 0 Å². The molecule has 0 aromatic carbocycles. The number of ether oxygens (including phenoxy) is 1. The molecule has 0 aromatic rings. The molecule has 0 aliphatic heterocycles. The third-order valence-corrected chi connectivity index (χ3v) is 1.05. The van der Waals surface area contributed by atoms with Crippen LogP contribution in [0.4, 0.5) is 4.79 Å². The molecule has 0 atom stereocenters. The maximum absolute atomic E-state index is 11.2. The largest absolute Gasteiger partial charge is 0.443 e. The number of nitrogens with two attached hydrogens (primary N) is 1. The standard InChI is InChI=1S/C9H16N2O2/c1-5-6-7-11(10)8(12)13-9(2,3)4/h7,10H2,1-4H3. The van der Waals surface area contributed by atoms with Gasteiger partial charge in [-0.3, -0.25) is 0 Å². The zero-order valence-corrected chi connectivity index (χ0v) is 8.55. The van der Waals surface area contributed by atoms with Gasteiger partial charge in [0.25, 0.3) is 0 Å². The fourth-order valence-electron chi connectivity index (χ4n) is 0.549. The lowest BCUT2D eigenvalue weighted by Gasteiger charge is -2.22. The normalized spacial score (nSPS) is 9.92. The van der Waals surface area contributed by atoms with Gasteiger partial charge in [0.2, 0.25) is 0 Å². The van der Waals surface area contributed by atoms with Crippen molar-refractivity contribution in [2.75, 3.05) is 6.54 Å². The summed E-state index contributed by atoms with van der Waals surface area (Å²) in [6, 6.07) is 0. The summed E-state index contributed by atoms with van der Waals surface area (Å²) < 4.78 is 4.99. The van der Waals surface area contributed by atoms with Gasteiger partial charge in [-0.1, -0.05) is 5.92 Å². The first-order valence-electron chi connectivity index (χ1n) is 4.01. The Morgan fingerprint density at radius 2 is 2.08 bits per heavy atom. The van der Waals surface area contributed by atoms with Gasteiger partial charge in [0, 0.05) is 0 Å². The van der Waals surface area contributed by atoms with Gasteiger partial charge in [-0.15, -0.1) is 5.92 Å². The summed E-state index contributed by atoms with van der Waals surface area (Å²) in [7, 11) is 0. The quantitative estimate of drug-likeness (QED) is 0.287. The summed E-state index contributed by atoms with van der Waals surface area (Å²) in [5.41, 5.74) is -0.519. The van der Waals surface area contributed by atoms with Gasteiger partial charge >= 0.3 is 6.09 Å². The summed E-state index contributed by atoms with van der Waals surface area (Å²) >= 11 is 0. The fraction of sp³-hybridized carbons (Fsp3) is 0.667. The molecule has 0 radical (unpaired) electrons. The Labute approximate surface area is 79.0 Å². The molecule has 2 N–H and O–H groups in total. The molecule has 0 aromatic heterocycles. The number of amides is 1. The van der Waals surface area contributed by atoms with Gasteiger partial charge in [0.1, 0.15) is 12.1 Å². The number of rotatable bonds is 1. The van der Waals surface area contributed by atoms with Crippen molar-refractivity contribution in [3.8, 4) is 11.8 Å². The summed E-state index contributed by atoms with van der Waals surface area (Å²) in [5.74, 6) is 10.7. The molecule has 4 nitrogen and oxygen atoms in total. The number of carbonyl (C=O) groups is 1. The van der Waals surface area contributed by atoms with Gasteiger partial charge in [-0.2, -0.15) is 0 Å². The summed E-state index contributed by atoms with van der Waals surface area (Å²) in [4.78, 5) is 11.2. The van der Waals surface area contributed by atoms with Crippen molar-refractivity contribution in [1.29, 1.82) is 0 Å². The Balaban J connectivity index is 4.02. The molecule has 4 heteroatoms. The van der Waals surface area contributed by atoms with Crippen LogP contribution in [0.1, 0.15) is 27.7 Å². The Kier molecular flexibility index (Phi) is 4.29. The second kappa shape index (κ2) is 4.73. The third-order valence-electron chi connectivity index (χ3n) is 1.05. The molecule has 0 unspecified atom stereocenters. The predicted octanol–water partition coefficient (Wildman–Crippen LogP) is 1.12. The first kappa shape index (κ1) is 11.8. The second-order valence-electron chi connectivity index (χ2n) is 3.54. The number of hydrazine groups is 1. The molecule has 1 amide bonds. The highest BCUT2D eigenvalue weighted by molar-refractivity contribution is 5.67. The summed E-state index contributed by atoms with van der Waals surface area (Å²) in [5, 5.41) is 0.946. The number of carbonyl (C=O) groups excluding carboxylic acids is 1. The molecule has 74 valence electrons. The van der Waals surface area contributed by atoms with Crippen molar-refractivity contribution in [1.82, 2.24) is 5.01 Å². The number of hydrogen-bond acceptors (Lipinski definition) is 3. The maximum atomic E-state index is 11.2. The van der Waals surface area contributed by atoms with Crippen LogP contribution in [0.5, 0.6) is 0 Å². The molecule has 0 fully saturated rings. The zero-order chi connectivity index (χ0) is 10.5. The van der Waals surface area contributed by atoms with Gasteiger partial charge < -0.3 is 4.74 Å². The Hall–Kier alpha value is -1.21. The number of hydrogen-bond donors (Lipinski definition) is 1. The molecule has 0 saturated heterocycles. The van der Waals surface area contributed by atoms with Crippen molar-refractivity contribution < 1.29 is 9.53 Å². The van der Waals surface area contributed by atoms with Gasteiger partial charge in [0.15, 0.2) is 0 Å². The minimum Gasteiger partial charge on any atom is -0.443 e. The zero-order valence-electron chi connectivity index (χ0n) is 8.55. The third kappa shape index (κ3) is 6.00. The molecule has 0 aliphatic rings. The van der Waals surface area contributed by atoms with Crippen LogP contribution in [0.3, 0.4) is 0 Å². The average molecular weight is 184 g/mol. The van der Waals surface area contributed by atoms with Crippen LogP contribution in [-0.4, -0.2) is 23.2 Å². The Morgan fingerprint density at radius 3 is 2.46 bits per heavy atom. The Morgan fingerprint density at radius 1 is 1.54 bits per heavy atom. The van der Waals surface area contributed by atoms with Crippen LogP contribution in [0, 0.1) is 11.8 Å². The molecule has 0 heterocycles. The minimum absolute atomic E-state index is 0.186. The van der Waals surface area contributed by atoms with Gasteiger partial charge in [-0.05, 0) is 27.7 Å². The van der Waals surface area contributed by atoms with Crippen molar-refractivity contribution in [2.45, 2.75) is 33.3 Å². The topological polar surface area (TPSA) is 55.6 Å². The van der Waals surface area contributed by atoms with Crippen LogP contribution in [0.15, 0.2) is 0 Å². The molecule has 13 heavy (non-hydrogen) atoms. The van der Waals surface area contributed by atoms with Crippen molar-refractivity contribution in [3.05, 3.63) is 0 Å². The monoisotopic (exact) mass is 184 g/mol. The molecule has 0 aliphatic carbocycles. The van der Waals surface area contributed by atoms with Crippen LogP contribution < -0.4 is 5.84 Å². The van der Waals surface area contributed by atoms with Crippen LogP contribution in [0.25, 0.3) is 0 Å². The van der Waals surface area contributed by atoms with Crippen molar-refractivity contribution >= 4 is 6.09 Å². The average Bonchev–Trinajstić information content (AvgIpc) is 1.96. The molecule has 0 rings (SSSR count). The van der Waals surface area contributed by atoms with E-state index in [0.717, 1.165) is 5.01 Å². The van der Waals surface area contributed by atoms with E-state index < -0.39 is 11.7 Å². The van der Waals surface area contributed by atoms with E-state index in [0.29, 0.717) is 0 Å². The van der Waals surface area contributed by atoms with Crippen LogP contribution >= 0.6 is 0 Å². The summed E-state index contributed by atoms with van der Waals surface area (Å²) in [6.07, 6.45) is -0.560. The SMILES string of the molecule is CC#CCN(N)C(=O)OC(C)(C)C. The van der Waals surface area contributed by atoms with E-state index in [2.05, 4.69) is 11.8 Å². The lowest BCUT2D eigenvalue weighted by atomic mass is 10.2. The first-order valence-corrected chi connectivity index (χ1v) is 4.01. The van der Waals surface area contributed by atoms with Crippen LogP contribution in [-0.2, 0) is 4.74 Å². The predicted molar refractivity (Wildman–Crippen MR) is 50.6 cm³/mol.